The summed E-state index contributed by atoms with van der Waals surface area (Å²) >= 11 is 3.72. The number of pyridine rings is 1. The molecule has 0 atom stereocenters. The molecule has 1 amide bonds. The van der Waals surface area contributed by atoms with E-state index in [1.54, 1.807) is 6.07 Å². The number of thiophene rings is 1. The van der Waals surface area contributed by atoms with Gasteiger partial charge in [-0.15, -0.1) is 11.3 Å². The zero-order valence-electron chi connectivity index (χ0n) is 9.03. The molecular formula is C11H10IN3OS. The molecule has 2 heterocycles. The van der Waals surface area contributed by atoms with E-state index < -0.39 is 0 Å². The Morgan fingerprint density at radius 1 is 1.53 bits per heavy atom. The molecule has 6 heteroatoms. The lowest BCUT2D eigenvalue weighted by Gasteiger charge is -2.06. The number of hydrogen-bond acceptors (Lipinski definition) is 4. The lowest BCUT2D eigenvalue weighted by molar-refractivity contribution is 0.102. The third kappa shape index (κ3) is 2.95. The number of nitrogens with one attached hydrogen (secondary N) is 1. The fourth-order valence-electron chi connectivity index (χ4n) is 1.34. The number of amides is 1. The Labute approximate surface area is 116 Å². The molecule has 0 radical (unpaired) electrons. The van der Waals surface area contributed by atoms with Crippen LogP contribution in [0.15, 0.2) is 23.7 Å². The molecule has 0 bridgehead atoms. The standard InChI is InChI=1S/C11H10IN3OS/c1-6-2-8(13)4-14-10(6)15-11(16)7-3-9(12)17-5-7/h2-5H,13H2,1H3,(H,14,15,16). The molecule has 0 fully saturated rings. The molecule has 2 aromatic heterocycles. The first-order valence-corrected chi connectivity index (χ1v) is 6.79. The fraction of sp³-hybridized carbons (Fsp3) is 0.0909. The predicted octanol–water partition coefficient (Wildman–Crippen LogP) is 2.89. The average molecular weight is 359 g/mol. The Hall–Kier alpha value is -1.15. The maximum atomic E-state index is 11.9. The Bertz CT molecular complexity index is 568. The van der Waals surface area contributed by atoms with E-state index in [9.17, 15) is 4.79 Å². The van der Waals surface area contributed by atoms with E-state index in [1.165, 1.54) is 17.5 Å². The number of nitrogens with two attached hydrogens (primary N) is 1. The number of aromatic nitrogens is 1. The summed E-state index contributed by atoms with van der Waals surface area (Å²) < 4.78 is 1.08. The second kappa shape index (κ2) is 5.01. The average Bonchev–Trinajstić information content (AvgIpc) is 2.69. The molecular weight excluding hydrogens is 349 g/mol. The Balaban J connectivity index is 2.18. The Morgan fingerprint density at radius 2 is 2.29 bits per heavy atom. The van der Waals surface area contributed by atoms with Crippen LogP contribution in [0.3, 0.4) is 0 Å². The van der Waals surface area contributed by atoms with Gasteiger partial charge in [-0.3, -0.25) is 4.79 Å². The summed E-state index contributed by atoms with van der Waals surface area (Å²) in [6.45, 7) is 1.86. The second-order valence-electron chi connectivity index (χ2n) is 3.53. The summed E-state index contributed by atoms with van der Waals surface area (Å²) in [5, 5.41) is 4.59. The summed E-state index contributed by atoms with van der Waals surface area (Å²) in [7, 11) is 0. The second-order valence-corrected chi connectivity index (χ2v) is 6.33. The highest BCUT2D eigenvalue weighted by molar-refractivity contribution is 14.1. The van der Waals surface area contributed by atoms with E-state index >= 15 is 0 Å². The number of carbonyl (C=O) groups is 1. The van der Waals surface area contributed by atoms with Crippen molar-refractivity contribution in [2.24, 2.45) is 0 Å². The van der Waals surface area contributed by atoms with Gasteiger partial charge in [0.1, 0.15) is 5.82 Å². The number of aryl methyl sites for hydroxylation is 1. The minimum Gasteiger partial charge on any atom is -0.397 e. The maximum absolute atomic E-state index is 11.9. The highest BCUT2D eigenvalue weighted by atomic mass is 127. The van der Waals surface area contributed by atoms with Crippen LogP contribution in [0, 0.1) is 9.81 Å². The summed E-state index contributed by atoms with van der Waals surface area (Å²) in [5.74, 6) is 0.398. The molecule has 3 N–H and O–H groups in total. The van der Waals surface area contributed by atoms with Gasteiger partial charge in [0.05, 0.1) is 20.3 Å². The van der Waals surface area contributed by atoms with Crippen LogP contribution in [-0.4, -0.2) is 10.9 Å². The van der Waals surface area contributed by atoms with Gasteiger partial charge in [0.25, 0.3) is 5.91 Å². The quantitative estimate of drug-likeness (QED) is 0.811. The SMILES string of the molecule is Cc1cc(N)cnc1NC(=O)c1csc(I)c1. The van der Waals surface area contributed by atoms with Gasteiger partial charge in [-0.05, 0) is 47.2 Å². The van der Waals surface area contributed by atoms with Crippen molar-refractivity contribution < 1.29 is 4.79 Å². The van der Waals surface area contributed by atoms with Gasteiger partial charge in [-0.25, -0.2) is 4.98 Å². The van der Waals surface area contributed by atoms with E-state index in [0.717, 1.165) is 8.45 Å². The van der Waals surface area contributed by atoms with Crippen LogP contribution in [0.2, 0.25) is 0 Å². The van der Waals surface area contributed by atoms with E-state index in [2.05, 4.69) is 32.9 Å². The Kier molecular flexibility index (Phi) is 3.63. The van der Waals surface area contributed by atoms with Crippen LogP contribution in [0.25, 0.3) is 0 Å². The molecule has 0 aliphatic rings. The lowest BCUT2D eigenvalue weighted by atomic mass is 10.2. The smallest absolute Gasteiger partial charge is 0.257 e. The van der Waals surface area contributed by atoms with Crippen LogP contribution in [-0.2, 0) is 0 Å². The van der Waals surface area contributed by atoms with Crippen LogP contribution in [0.4, 0.5) is 11.5 Å². The highest BCUT2D eigenvalue weighted by Gasteiger charge is 2.10. The number of halogens is 1. The van der Waals surface area contributed by atoms with Gasteiger partial charge < -0.3 is 11.1 Å². The van der Waals surface area contributed by atoms with Crippen molar-refractivity contribution in [2.45, 2.75) is 6.92 Å². The van der Waals surface area contributed by atoms with Crippen molar-refractivity contribution in [2.75, 3.05) is 11.1 Å². The van der Waals surface area contributed by atoms with Crippen molar-refractivity contribution in [3.63, 3.8) is 0 Å². The van der Waals surface area contributed by atoms with Crippen molar-refractivity contribution in [3.05, 3.63) is 37.7 Å². The molecule has 0 aromatic carbocycles. The number of hydrogen-bond donors (Lipinski definition) is 2. The third-order valence-corrected chi connectivity index (χ3v) is 3.95. The molecule has 0 spiro atoms. The van der Waals surface area contributed by atoms with Crippen LogP contribution in [0.1, 0.15) is 15.9 Å². The van der Waals surface area contributed by atoms with E-state index in [0.29, 0.717) is 17.1 Å². The fourth-order valence-corrected chi connectivity index (χ4v) is 2.66. The van der Waals surface area contributed by atoms with Gasteiger partial charge in [0, 0.05) is 5.38 Å². The summed E-state index contributed by atoms with van der Waals surface area (Å²) in [4.78, 5) is 16.0. The summed E-state index contributed by atoms with van der Waals surface area (Å²) in [6.07, 6.45) is 1.53. The third-order valence-electron chi connectivity index (χ3n) is 2.16. The van der Waals surface area contributed by atoms with Crippen molar-refractivity contribution in [1.29, 1.82) is 0 Å². The molecule has 2 rings (SSSR count). The van der Waals surface area contributed by atoms with E-state index in [4.69, 9.17) is 5.73 Å². The minimum atomic E-state index is -0.149. The van der Waals surface area contributed by atoms with Gasteiger partial charge in [-0.1, -0.05) is 0 Å². The lowest BCUT2D eigenvalue weighted by Crippen LogP contribution is -2.13. The molecule has 88 valence electrons. The highest BCUT2D eigenvalue weighted by Crippen LogP contribution is 2.19. The van der Waals surface area contributed by atoms with Crippen LogP contribution < -0.4 is 11.1 Å². The summed E-state index contributed by atoms with van der Waals surface area (Å²) in [5.41, 5.74) is 7.69. The van der Waals surface area contributed by atoms with Gasteiger partial charge >= 0.3 is 0 Å². The molecule has 0 saturated carbocycles. The zero-order chi connectivity index (χ0) is 12.4. The largest absolute Gasteiger partial charge is 0.397 e. The van der Waals surface area contributed by atoms with Gasteiger partial charge in [0.15, 0.2) is 0 Å². The molecule has 0 aliphatic heterocycles. The number of anilines is 2. The molecule has 0 unspecified atom stereocenters. The predicted molar refractivity (Wildman–Crippen MR) is 78.4 cm³/mol. The number of nitrogen functional groups attached to an aromatic ring is 1. The van der Waals surface area contributed by atoms with Crippen molar-refractivity contribution >= 4 is 51.3 Å². The van der Waals surface area contributed by atoms with Crippen LogP contribution >= 0.6 is 33.9 Å². The molecule has 17 heavy (non-hydrogen) atoms. The topological polar surface area (TPSA) is 68.0 Å². The number of rotatable bonds is 2. The number of carbonyl (C=O) groups excluding carboxylic acids is 1. The maximum Gasteiger partial charge on any atom is 0.257 e. The monoisotopic (exact) mass is 359 g/mol. The van der Waals surface area contributed by atoms with Gasteiger partial charge in [0.2, 0.25) is 0 Å². The van der Waals surface area contributed by atoms with Crippen LogP contribution in [0.5, 0.6) is 0 Å². The summed E-state index contributed by atoms with van der Waals surface area (Å²) in [6, 6.07) is 3.62. The van der Waals surface area contributed by atoms with Crippen molar-refractivity contribution in [1.82, 2.24) is 4.98 Å². The molecule has 2 aromatic rings. The molecule has 0 saturated heterocycles. The first kappa shape index (κ1) is 12.3. The zero-order valence-corrected chi connectivity index (χ0v) is 12.0. The first-order valence-electron chi connectivity index (χ1n) is 4.84. The minimum absolute atomic E-state index is 0.149. The number of nitrogens with zero attached hydrogens (tertiary/aromatic N) is 1. The Morgan fingerprint density at radius 3 is 2.88 bits per heavy atom. The van der Waals surface area contributed by atoms with E-state index in [1.807, 2.05) is 18.4 Å². The molecule has 4 nitrogen and oxygen atoms in total. The van der Waals surface area contributed by atoms with Crippen molar-refractivity contribution in [3.8, 4) is 0 Å². The normalized spacial score (nSPS) is 10.2. The molecule has 0 aliphatic carbocycles. The van der Waals surface area contributed by atoms with E-state index in [-0.39, 0.29) is 5.91 Å². The first-order chi connectivity index (χ1) is 8.06. The van der Waals surface area contributed by atoms with Gasteiger partial charge in [-0.2, -0.15) is 0 Å².